The van der Waals surface area contributed by atoms with Crippen LogP contribution >= 0.6 is 0 Å². The third-order valence-electron chi connectivity index (χ3n) is 7.03. The van der Waals surface area contributed by atoms with Crippen LogP contribution in [0.3, 0.4) is 0 Å². The fraction of sp³-hybridized carbons (Fsp3) is 0.394. The van der Waals surface area contributed by atoms with Gasteiger partial charge in [-0.1, -0.05) is 68.4 Å². The van der Waals surface area contributed by atoms with Gasteiger partial charge >= 0.3 is 0 Å². The molecule has 0 unspecified atom stereocenters. The van der Waals surface area contributed by atoms with Gasteiger partial charge in [0.1, 0.15) is 5.82 Å². The van der Waals surface area contributed by atoms with Crippen molar-refractivity contribution in [3.63, 3.8) is 0 Å². The lowest BCUT2D eigenvalue weighted by Gasteiger charge is -2.31. The molecule has 40 heavy (non-hydrogen) atoms. The summed E-state index contributed by atoms with van der Waals surface area (Å²) in [5.41, 5.74) is 1.52. The van der Waals surface area contributed by atoms with Crippen LogP contribution in [0.2, 0.25) is 0 Å². The molecule has 0 radical (unpaired) electrons. The third-order valence-corrected chi connectivity index (χ3v) is 7.03. The van der Waals surface area contributed by atoms with Crippen LogP contribution in [-0.4, -0.2) is 53.6 Å². The Labute approximate surface area is 237 Å². The first-order valence-corrected chi connectivity index (χ1v) is 14.1. The number of aliphatic hydroxyl groups is 1. The highest BCUT2D eigenvalue weighted by molar-refractivity contribution is 5.99. The molecule has 0 aliphatic rings. The van der Waals surface area contributed by atoms with Gasteiger partial charge in [0.25, 0.3) is 11.8 Å². The zero-order chi connectivity index (χ0) is 29.1. The summed E-state index contributed by atoms with van der Waals surface area (Å²) >= 11 is 0. The van der Waals surface area contributed by atoms with E-state index in [0.717, 1.165) is 18.4 Å². The number of nitrogens with one attached hydrogen (secondary N) is 2. The lowest BCUT2D eigenvalue weighted by Crippen LogP contribution is -2.51. The van der Waals surface area contributed by atoms with Crippen LogP contribution in [0.15, 0.2) is 78.9 Å². The summed E-state index contributed by atoms with van der Waals surface area (Å²) < 4.78 is 14.5. The van der Waals surface area contributed by atoms with Crippen molar-refractivity contribution in [3.8, 4) is 0 Å². The van der Waals surface area contributed by atoms with Gasteiger partial charge < -0.3 is 20.6 Å². The standard InChI is InChI=1S/C33H42FN3O3/c1-5-19-37(20-6-2)32(40)26-16-12-15-25(22-26)31(39)36-29(21-24-13-8-7-9-14-24)30(38)23-35-33(3,4)27-17-10-11-18-28(27)34/h7-18,22,29-30,35,38H,5-6,19-21,23H2,1-4H3,(H,36,39)/t29-,30+/m0/s1. The minimum atomic E-state index is -0.968. The monoisotopic (exact) mass is 547 g/mol. The van der Waals surface area contributed by atoms with E-state index in [4.69, 9.17) is 0 Å². The Morgan fingerprint density at radius 3 is 2.17 bits per heavy atom. The Hall–Kier alpha value is -3.55. The van der Waals surface area contributed by atoms with Gasteiger partial charge in [-0.15, -0.1) is 0 Å². The van der Waals surface area contributed by atoms with Gasteiger partial charge in [0.2, 0.25) is 0 Å². The molecule has 2 amide bonds. The van der Waals surface area contributed by atoms with E-state index >= 15 is 0 Å². The van der Waals surface area contributed by atoms with Gasteiger partial charge in [0.05, 0.1) is 12.1 Å². The first-order chi connectivity index (χ1) is 19.2. The van der Waals surface area contributed by atoms with Gasteiger partial charge in [0, 0.05) is 41.9 Å². The molecule has 0 heterocycles. The van der Waals surface area contributed by atoms with E-state index in [9.17, 15) is 19.1 Å². The molecule has 7 heteroatoms. The summed E-state index contributed by atoms with van der Waals surface area (Å²) in [6, 6.07) is 22.2. The predicted octanol–water partition coefficient (Wildman–Crippen LogP) is 5.31. The van der Waals surface area contributed by atoms with Gasteiger partial charge in [-0.3, -0.25) is 9.59 Å². The van der Waals surface area contributed by atoms with Crippen LogP contribution in [-0.2, 0) is 12.0 Å². The number of carbonyl (C=O) groups excluding carboxylic acids is 2. The number of amides is 2. The number of hydrogen-bond acceptors (Lipinski definition) is 4. The van der Waals surface area contributed by atoms with Crippen LogP contribution in [0, 0.1) is 5.82 Å². The van der Waals surface area contributed by atoms with Crippen molar-refractivity contribution >= 4 is 11.8 Å². The number of nitrogens with zero attached hydrogens (tertiary/aromatic N) is 1. The molecule has 3 aromatic carbocycles. The maximum atomic E-state index is 14.5. The van der Waals surface area contributed by atoms with Gasteiger partial charge in [-0.25, -0.2) is 4.39 Å². The number of benzene rings is 3. The Bertz CT molecular complexity index is 1240. The van der Waals surface area contributed by atoms with Crippen molar-refractivity contribution in [2.75, 3.05) is 19.6 Å². The zero-order valence-corrected chi connectivity index (χ0v) is 24.0. The van der Waals surface area contributed by atoms with E-state index in [1.165, 1.54) is 6.07 Å². The number of aliphatic hydroxyl groups excluding tert-OH is 1. The third kappa shape index (κ3) is 8.47. The second kappa shape index (κ2) is 14.7. The lowest BCUT2D eigenvalue weighted by molar-refractivity contribution is 0.0755. The van der Waals surface area contributed by atoms with Gasteiger partial charge in [-0.05, 0) is 62.9 Å². The number of carbonyl (C=O) groups is 2. The summed E-state index contributed by atoms with van der Waals surface area (Å²) in [4.78, 5) is 28.3. The van der Waals surface area contributed by atoms with Crippen molar-refractivity contribution in [1.82, 2.24) is 15.5 Å². The SMILES string of the molecule is CCCN(CCC)C(=O)c1cccc(C(=O)N[C@@H](Cc2ccccc2)[C@H](O)CNC(C)(C)c2ccccc2F)c1. The summed E-state index contributed by atoms with van der Waals surface area (Å²) in [5.74, 6) is -0.797. The highest BCUT2D eigenvalue weighted by Crippen LogP contribution is 2.23. The Kier molecular flexibility index (Phi) is 11.4. The van der Waals surface area contributed by atoms with E-state index in [-0.39, 0.29) is 24.2 Å². The molecule has 2 atom stereocenters. The average Bonchev–Trinajstić information content (AvgIpc) is 2.96. The first kappa shape index (κ1) is 31.0. The molecule has 0 spiro atoms. The lowest BCUT2D eigenvalue weighted by atomic mass is 9.92. The second-order valence-corrected chi connectivity index (χ2v) is 10.7. The van der Waals surface area contributed by atoms with Gasteiger partial charge in [0.15, 0.2) is 0 Å². The smallest absolute Gasteiger partial charge is 0.253 e. The topological polar surface area (TPSA) is 81.7 Å². The van der Waals surface area contributed by atoms with Crippen molar-refractivity contribution in [2.24, 2.45) is 0 Å². The summed E-state index contributed by atoms with van der Waals surface area (Å²) in [5, 5.41) is 17.5. The van der Waals surface area contributed by atoms with E-state index in [2.05, 4.69) is 10.6 Å². The van der Waals surface area contributed by atoms with E-state index in [1.54, 1.807) is 42.5 Å². The molecule has 3 rings (SSSR count). The fourth-order valence-corrected chi connectivity index (χ4v) is 4.80. The molecule has 0 saturated carbocycles. The quantitative estimate of drug-likeness (QED) is 0.255. The van der Waals surface area contributed by atoms with E-state index in [0.29, 0.717) is 36.2 Å². The molecule has 0 bridgehead atoms. The molecule has 0 aliphatic carbocycles. The highest BCUT2D eigenvalue weighted by atomic mass is 19.1. The van der Waals surface area contributed by atoms with Crippen molar-refractivity contribution in [1.29, 1.82) is 0 Å². The van der Waals surface area contributed by atoms with Gasteiger partial charge in [-0.2, -0.15) is 0 Å². The number of hydrogen-bond donors (Lipinski definition) is 3. The van der Waals surface area contributed by atoms with Crippen LogP contribution in [0.25, 0.3) is 0 Å². The van der Waals surface area contributed by atoms with E-state index < -0.39 is 17.7 Å². The van der Waals surface area contributed by atoms with Crippen LogP contribution < -0.4 is 10.6 Å². The summed E-state index contributed by atoms with van der Waals surface area (Å²) in [7, 11) is 0. The molecule has 0 fully saturated rings. The van der Waals surface area contributed by atoms with Crippen LogP contribution in [0.5, 0.6) is 0 Å². The van der Waals surface area contributed by atoms with Crippen LogP contribution in [0.1, 0.15) is 72.4 Å². The molecule has 3 N–H and O–H groups in total. The predicted molar refractivity (Wildman–Crippen MR) is 158 cm³/mol. The zero-order valence-electron chi connectivity index (χ0n) is 24.0. The molecule has 6 nitrogen and oxygen atoms in total. The minimum Gasteiger partial charge on any atom is -0.390 e. The Morgan fingerprint density at radius 2 is 1.52 bits per heavy atom. The molecular weight excluding hydrogens is 505 g/mol. The largest absolute Gasteiger partial charge is 0.390 e. The Balaban J connectivity index is 1.78. The number of halogens is 1. The van der Waals surface area contributed by atoms with Crippen molar-refractivity contribution in [2.45, 2.75) is 64.6 Å². The summed E-state index contributed by atoms with van der Waals surface area (Å²) in [6.07, 6.45) is 1.14. The summed E-state index contributed by atoms with van der Waals surface area (Å²) in [6.45, 7) is 9.21. The molecule has 0 aromatic heterocycles. The fourth-order valence-electron chi connectivity index (χ4n) is 4.80. The Morgan fingerprint density at radius 1 is 0.900 bits per heavy atom. The molecule has 214 valence electrons. The first-order valence-electron chi connectivity index (χ1n) is 14.1. The maximum absolute atomic E-state index is 14.5. The normalized spacial score (nSPS) is 12.9. The van der Waals surface area contributed by atoms with E-state index in [1.807, 2.05) is 62.9 Å². The van der Waals surface area contributed by atoms with Crippen molar-refractivity contribution in [3.05, 3.63) is 107 Å². The average molecular weight is 548 g/mol. The maximum Gasteiger partial charge on any atom is 0.253 e. The molecule has 0 saturated heterocycles. The second-order valence-electron chi connectivity index (χ2n) is 10.7. The molecular formula is C33H42FN3O3. The minimum absolute atomic E-state index is 0.0983. The highest BCUT2D eigenvalue weighted by Gasteiger charge is 2.28. The van der Waals surface area contributed by atoms with Crippen molar-refractivity contribution < 1.29 is 19.1 Å². The molecule has 0 aliphatic heterocycles. The number of rotatable bonds is 14. The molecule has 3 aromatic rings. The van der Waals surface area contributed by atoms with Crippen LogP contribution in [0.4, 0.5) is 4.39 Å².